The summed E-state index contributed by atoms with van der Waals surface area (Å²) < 4.78 is 13.6. The van der Waals surface area contributed by atoms with E-state index in [0.29, 0.717) is 0 Å². The Morgan fingerprint density at radius 2 is 1.91 bits per heavy atom. The van der Waals surface area contributed by atoms with Gasteiger partial charge < -0.3 is 4.42 Å². The molecule has 1 N–H and O–H groups in total. The predicted molar refractivity (Wildman–Crippen MR) is 91.9 cm³/mol. The normalized spacial score (nSPS) is 17.5. The first-order chi connectivity index (χ1) is 10.8. The number of benzene rings is 2. The summed E-state index contributed by atoms with van der Waals surface area (Å²) in [5.74, 6) is 0. The monoisotopic (exact) mass is 306 g/mol. The van der Waals surface area contributed by atoms with E-state index in [4.69, 9.17) is 14.2 Å². The van der Waals surface area contributed by atoms with Crippen molar-refractivity contribution in [3.05, 3.63) is 77.4 Å². The third kappa shape index (κ3) is 2.42. The van der Waals surface area contributed by atoms with Gasteiger partial charge in [-0.25, -0.2) is 4.99 Å². The first kappa shape index (κ1) is 13.2. The van der Waals surface area contributed by atoms with Crippen molar-refractivity contribution in [2.75, 3.05) is 0 Å². The van der Waals surface area contributed by atoms with Crippen molar-refractivity contribution in [2.45, 2.75) is 6.42 Å². The molecule has 0 bridgehead atoms. The molecule has 3 aromatic rings. The van der Waals surface area contributed by atoms with Crippen LogP contribution >= 0.6 is 0 Å². The maximum absolute atomic E-state index is 8.25. The largest absolute Gasteiger partial charge is 0.464 e. The quantitative estimate of drug-likeness (QED) is 0.744. The minimum Gasteiger partial charge on any atom is -0.464 e. The van der Waals surface area contributed by atoms with Crippen molar-refractivity contribution in [3.63, 3.8) is 0 Å². The van der Waals surface area contributed by atoms with Gasteiger partial charge in [0.2, 0.25) is 0 Å². The highest BCUT2D eigenvalue weighted by Crippen LogP contribution is 2.27. The summed E-state index contributed by atoms with van der Waals surface area (Å²) in [7, 11) is -0.651. The van der Waals surface area contributed by atoms with Gasteiger partial charge in [0.1, 0.15) is 5.58 Å². The van der Waals surface area contributed by atoms with E-state index in [9.17, 15) is 0 Å². The van der Waals surface area contributed by atoms with Crippen molar-refractivity contribution in [1.29, 1.82) is 4.78 Å². The molecule has 0 spiro atoms. The number of furan rings is 1. The van der Waals surface area contributed by atoms with E-state index in [1.54, 1.807) is 6.26 Å². The molecule has 1 unspecified atom stereocenters. The number of nitrogens with zero attached hydrogens (tertiary/aromatic N) is 1. The molecule has 1 atom stereocenters. The van der Waals surface area contributed by atoms with Gasteiger partial charge in [0.15, 0.2) is 0 Å². The second-order valence-electron chi connectivity index (χ2n) is 5.18. The van der Waals surface area contributed by atoms with Crippen LogP contribution in [0.25, 0.3) is 16.7 Å². The van der Waals surface area contributed by atoms with E-state index in [1.165, 1.54) is 5.56 Å². The highest BCUT2D eigenvalue weighted by Gasteiger charge is 2.16. The lowest BCUT2D eigenvalue weighted by Crippen LogP contribution is -2.04. The molecule has 22 heavy (non-hydrogen) atoms. The Morgan fingerprint density at radius 3 is 2.77 bits per heavy atom. The lowest BCUT2D eigenvalue weighted by Gasteiger charge is -2.01. The highest BCUT2D eigenvalue weighted by atomic mass is 32.2. The molecule has 1 aliphatic rings. The van der Waals surface area contributed by atoms with Gasteiger partial charge in [-0.1, -0.05) is 30.3 Å². The van der Waals surface area contributed by atoms with Gasteiger partial charge in [-0.15, -0.1) is 0 Å². The second-order valence-corrected chi connectivity index (χ2v) is 6.56. The zero-order valence-electron chi connectivity index (χ0n) is 11.8. The van der Waals surface area contributed by atoms with E-state index in [1.807, 2.05) is 41.8 Å². The first-order valence-corrected chi connectivity index (χ1v) is 8.34. The Labute approximate surface area is 130 Å². The molecule has 1 aromatic heterocycles. The fourth-order valence-electron chi connectivity index (χ4n) is 2.54. The summed E-state index contributed by atoms with van der Waals surface area (Å²) >= 11 is 0. The Bertz CT molecular complexity index is 922. The molecule has 0 aliphatic carbocycles. The van der Waals surface area contributed by atoms with Crippen molar-refractivity contribution in [3.8, 4) is 0 Å². The van der Waals surface area contributed by atoms with Crippen LogP contribution in [-0.4, -0.2) is 5.04 Å². The van der Waals surface area contributed by atoms with Crippen LogP contribution in [0, 0.1) is 4.78 Å². The third-order valence-electron chi connectivity index (χ3n) is 3.67. The summed E-state index contributed by atoms with van der Waals surface area (Å²) in [5.41, 5.74) is 4.01. The van der Waals surface area contributed by atoms with Gasteiger partial charge in [-0.05, 0) is 40.5 Å². The zero-order chi connectivity index (χ0) is 14.9. The van der Waals surface area contributed by atoms with E-state index in [-0.39, 0.29) is 0 Å². The van der Waals surface area contributed by atoms with Crippen LogP contribution in [0.3, 0.4) is 0 Å². The van der Waals surface area contributed by atoms with Crippen LogP contribution < -0.4 is 0 Å². The topological polar surface area (TPSA) is 49.4 Å². The van der Waals surface area contributed by atoms with Crippen LogP contribution in [0.4, 0.5) is 0 Å². The Hall–Kier alpha value is -2.46. The molecule has 4 heteroatoms. The minimum atomic E-state index is -0.651. The van der Waals surface area contributed by atoms with E-state index in [0.717, 1.165) is 33.7 Å². The smallest absolute Gasteiger partial charge is 0.133 e. The fraction of sp³-hybridized carbons (Fsp3) is 0.0556. The average molecular weight is 306 g/mol. The molecule has 108 valence electrons. The summed E-state index contributed by atoms with van der Waals surface area (Å²) in [6.07, 6.45) is 2.43. The van der Waals surface area contributed by atoms with Crippen LogP contribution in [-0.2, 0) is 17.1 Å². The van der Waals surface area contributed by atoms with E-state index in [2.05, 4.69) is 18.2 Å². The van der Waals surface area contributed by atoms with Crippen LogP contribution in [0.15, 0.2) is 75.7 Å². The molecular weight excluding hydrogens is 292 g/mol. The molecule has 0 amide bonds. The maximum Gasteiger partial charge on any atom is 0.133 e. The van der Waals surface area contributed by atoms with Crippen molar-refractivity contribution in [1.82, 2.24) is 0 Å². The molecule has 2 aromatic carbocycles. The SMILES string of the molecule is N=S1C=C(c2ccc3occc3c2)N=C1Cc1ccccc1. The van der Waals surface area contributed by atoms with Crippen LogP contribution in [0.1, 0.15) is 11.1 Å². The Balaban J connectivity index is 1.65. The number of hydrogen-bond acceptors (Lipinski definition) is 3. The molecule has 0 fully saturated rings. The van der Waals surface area contributed by atoms with Crippen LogP contribution in [0.2, 0.25) is 0 Å². The summed E-state index contributed by atoms with van der Waals surface area (Å²) in [5, 5.41) is 3.93. The average Bonchev–Trinajstić information content (AvgIpc) is 3.15. The number of hydrogen-bond donors (Lipinski definition) is 1. The lowest BCUT2D eigenvalue weighted by molar-refractivity contribution is 0.616. The summed E-state index contributed by atoms with van der Waals surface area (Å²) in [6, 6.07) is 18.2. The number of fused-ring (bicyclic) bond motifs is 1. The first-order valence-electron chi connectivity index (χ1n) is 7.05. The molecular formula is C18H14N2OS. The molecule has 1 aliphatic heterocycles. The van der Waals surface area contributed by atoms with Gasteiger partial charge >= 0.3 is 0 Å². The highest BCUT2D eigenvalue weighted by molar-refractivity contribution is 8.04. The van der Waals surface area contributed by atoms with Crippen LogP contribution in [0.5, 0.6) is 0 Å². The van der Waals surface area contributed by atoms with Crippen molar-refractivity contribution < 1.29 is 4.42 Å². The maximum atomic E-state index is 8.25. The molecule has 0 saturated carbocycles. The van der Waals surface area contributed by atoms with Gasteiger partial charge in [0.05, 0.1) is 17.0 Å². The fourth-order valence-corrected chi connectivity index (χ4v) is 3.60. The van der Waals surface area contributed by atoms with Gasteiger partial charge in [-0.3, -0.25) is 4.78 Å². The van der Waals surface area contributed by atoms with Crippen molar-refractivity contribution in [2.24, 2.45) is 4.99 Å². The standard InChI is InChI=1S/C18H14N2OS/c19-22-12-16(14-6-7-17-15(11-14)8-9-21-17)20-18(22)10-13-4-2-1-3-5-13/h1-9,11-12,19H,10H2. The lowest BCUT2D eigenvalue weighted by atomic mass is 10.1. The number of aliphatic imine (C=N–C) groups is 1. The second kappa shape index (κ2) is 5.39. The minimum absolute atomic E-state index is 0.651. The third-order valence-corrected chi connectivity index (χ3v) is 4.88. The van der Waals surface area contributed by atoms with Gasteiger partial charge in [0.25, 0.3) is 0 Å². The summed E-state index contributed by atoms with van der Waals surface area (Å²) in [6.45, 7) is 0. The zero-order valence-corrected chi connectivity index (χ0v) is 12.6. The van der Waals surface area contributed by atoms with E-state index < -0.39 is 10.7 Å². The Kier molecular flexibility index (Phi) is 3.24. The molecule has 3 nitrogen and oxygen atoms in total. The number of nitrogens with one attached hydrogen (secondary N) is 1. The molecule has 0 radical (unpaired) electrons. The Morgan fingerprint density at radius 1 is 1.05 bits per heavy atom. The molecule has 4 rings (SSSR count). The van der Waals surface area contributed by atoms with Gasteiger partial charge in [-0.2, -0.15) is 0 Å². The molecule has 0 saturated heterocycles. The van der Waals surface area contributed by atoms with E-state index >= 15 is 0 Å². The summed E-state index contributed by atoms with van der Waals surface area (Å²) in [4.78, 5) is 4.70. The molecule has 2 heterocycles. The van der Waals surface area contributed by atoms with Crippen molar-refractivity contribution >= 4 is 32.4 Å². The van der Waals surface area contributed by atoms with Gasteiger partial charge in [0, 0.05) is 22.8 Å². The number of rotatable bonds is 3. The predicted octanol–water partition coefficient (Wildman–Crippen LogP) is 4.77.